The van der Waals surface area contributed by atoms with Gasteiger partial charge in [0.1, 0.15) is 11.6 Å². The van der Waals surface area contributed by atoms with E-state index in [0.29, 0.717) is 23.4 Å². The van der Waals surface area contributed by atoms with Crippen molar-refractivity contribution in [2.75, 3.05) is 5.32 Å². The zero-order chi connectivity index (χ0) is 42.9. The van der Waals surface area contributed by atoms with Crippen molar-refractivity contribution in [3.63, 3.8) is 0 Å². The number of ether oxygens (including phenoxy) is 1. The van der Waals surface area contributed by atoms with E-state index in [9.17, 15) is 29.4 Å². The number of H-pyrrole nitrogens is 2. The molecule has 0 aliphatic carbocycles. The maximum absolute atomic E-state index is 13.5. The summed E-state index contributed by atoms with van der Waals surface area (Å²) in [6, 6.07) is 27.4. The minimum atomic E-state index is -1.17. The molecule has 304 valence electrons. The first-order valence-electron chi connectivity index (χ1n) is 17.8. The summed E-state index contributed by atoms with van der Waals surface area (Å²) in [6.07, 6.45) is 4.84. The maximum Gasteiger partial charge on any atom is 0.346 e. The van der Waals surface area contributed by atoms with Crippen LogP contribution < -0.4 is 10.1 Å². The van der Waals surface area contributed by atoms with E-state index in [1.165, 1.54) is 24.8 Å². The molecule has 60 heavy (non-hydrogen) atoms. The number of hydrogen-bond donors (Lipinski definition) is 5. The van der Waals surface area contributed by atoms with Gasteiger partial charge in [0.25, 0.3) is 5.91 Å². The van der Waals surface area contributed by atoms with Crippen molar-refractivity contribution in [3.05, 3.63) is 175 Å². The number of esters is 1. The number of aromatic nitrogens is 4. The Hall–Kier alpha value is -6.51. The van der Waals surface area contributed by atoms with E-state index < -0.39 is 35.4 Å². The van der Waals surface area contributed by atoms with Gasteiger partial charge in [0.15, 0.2) is 6.04 Å². The molecular formula is C43H32Cl4N6O7. The van der Waals surface area contributed by atoms with Crippen LogP contribution in [0.1, 0.15) is 59.3 Å². The Bertz CT molecular complexity index is 2740. The van der Waals surface area contributed by atoms with Crippen molar-refractivity contribution in [2.45, 2.75) is 25.8 Å². The molecule has 1 amide bonds. The molecule has 0 aliphatic rings. The summed E-state index contributed by atoms with van der Waals surface area (Å²) in [4.78, 5) is 68.3. The topological polar surface area (TPSA) is 200 Å². The van der Waals surface area contributed by atoms with Crippen LogP contribution in [0.5, 0.6) is 5.75 Å². The first-order chi connectivity index (χ1) is 28.8. The second kappa shape index (κ2) is 19.5. The first kappa shape index (κ1) is 43.1. The van der Waals surface area contributed by atoms with Gasteiger partial charge >= 0.3 is 17.9 Å². The minimum Gasteiger partial charge on any atom is -0.480 e. The molecule has 0 aliphatic heterocycles. The van der Waals surface area contributed by atoms with Crippen molar-refractivity contribution in [1.82, 2.24) is 19.9 Å². The van der Waals surface area contributed by atoms with Gasteiger partial charge < -0.3 is 30.2 Å². The van der Waals surface area contributed by atoms with Crippen LogP contribution in [0, 0.1) is 6.92 Å². The number of carboxylic acids is 2. The number of anilines is 1. The molecular weight excluding hydrogens is 854 g/mol. The molecule has 1 atom stereocenters. The van der Waals surface area contributed by atoms with Crippen molar-refractivity contribution in [2.24, 2.45) is 4.99 Å². The van der Waals surface area contributed by atoms with Gasteiger partial charge in [-0.05, 0) is 42.8 Å². The third-order valence-corrected chi connectivity index (χ3v) is 10.6. The number of amides is 1. The summed E-state index contributed by atoms with van der Waals surface area (Å²) in [5, 5.41) is 21.2. The molecule has 0 bridgehead atoms. The van der Waals surface area contributed by atoms with Crippen LogP contribution in [0.15, 0.2) is 115 Å². The summed E-state index contributed by atoms with van der Waals surface area (Å²) in [7, 11) is 0. The second-order valence-electron chi connectivity index (χ2n) is 13.0. The number of aromatic amines is 2. The third kappa shape index (κ3) is 10.2. The molecule has 0 radical (unpaired) electrons. The predicted octanol–water partition coefficient (Wildman–Crippen LogP) is 9.77. The molecule has 1 unspecified atom stereocenters. The average Bonchev–Trinajstić information content (AvgIpc) is 3.88. The summed E-state index contributed by atoms with van der Waals surface area (Å²) in [5.74, 6) is -3.77. The number of aliphatic carboxylic acids is 1. The zero-order valence-corrected chi connectivity index (χ0v) is 34.3. The molecule has 0 saturated carbocycles. The summed E-state index contributed by atoms with van der Waals surface area (Å²) >= 11 is 25.2. The van der Waals surface area contributed by atoms with Crippen LogP contribution in [0.3, 0.4) is 0 Å². The number of nitrogens with one attached hydrogen (secondary N) is 3. The molecule has 4 aromatic carbocycles. The fraction of sp³-hybridized carbons (Fsp3) is 0.0930. The number of para-hydroxylation sites is 2. The monoisotopic (exact) mass is 884 g/mol. The molecule has 0 saturated heterocycles. The van der Waals surface area contributed by atoms with E-state index >= 15 is 0 Å². The number of aliphatic imine (C=N–C) groups is 1. The Morgan fingerprint density at radius 2 is 1.50 bits per heavy atom. The normalized spacial score (nSPS) is 11.5. The van der Waals surface area contributed by atoms with Gasteiger partial charge in [-0.1, -0.05) is 113 Å². The van der Waals surface area contributed by atoms with Crippen LogP contribution in [0.4, 0.5) is 5.82 Å². The minimum absolute atomic E-state index is 0.00287. The lowest BCUT2D eigenvalue weighted by Gasteiger charge is -2.16. The molecule has 7 rings (SSSR count). The first-order valence-corrected chi connectivity index (χ1v) is 19.4. The van der Waals surface area contributed by atoms with Crippen molar-refractivity contribution < 1.29 is 34.1 Å². The van der Waals surface area contributed by atoms with Gasteiger partial charge in [0, 0.05) is 58.8 Å². The highest BCUT2D eigenvalue weighted by Gasteiger charge is 2.31. The summed E-state index contributed by atoms with van der Waals surface area (Å²) < 4.78 is 5.59. The molecule has 0 fully saturated rings. The number of rotatable bonds is 12. The Kier molecular flexibility index (Phi) is 14.0. The van der Waals surface area contributed by atoms with E-state index in [-0.39, 0.29) is 49.2 Å². The SMILES string of the molecule is Cc1cccc(NC(=O)c2c(Cl)c(Cl)c(Cl)c(Cl)c2C(=O)Oc2ccccc2C=NC(Cc2cnc[nH]2)C(=O)O)n1.O=C(O)c1c(Cc2ccccc2)[nH]c2ccccc12. The van der Waals surface area contributed by atoms with Gasteiger partial charge in [-0.2, -0.15) is 0 Å². The number of fused-ring (bicyclic) bond motifs is 1. The molecule has 0 spiro atoms. The lowest BCUT2D eigenvalue weighted by atomic mass is 10.0. The number of nitrogens with zero attached hydrogens (tertiary/aromatic N) is 3. The third-order valence-electron chi connectivity index (χ3n) is 8.82. The lowest BCUT2D eigenvalue weighted by molar-refractivity contribution is -0.138. The highest BCUT2D eigenvalue weighted by molar-refractivity contribution is 6.54. The van der Waals surface area contributed by atoms with E-state index in [0.717, 1.165) is 22.2 Å². The average molecular weight is 887 g/mol. The molecule has 13 nitrogen and oxygen atoms in total. The van der Waals surface area contributed by atoms with Crippen LogP contribution in [0.2, 0.25) is 20.1 Å². The second-order valence-corrected chi connectivity index (χ2v) is 14.5. The van der Waals surface area contributed by atoms with Crippen molar-refractivity contribution in [3.8, 4) is 5.75 Å². The molecule has 7 aromatic rings. The fourth-order valence-electron chi connectivity index (χ4n) is 6.01. The number of aryl methyl sites for hydroxylation is 1. The number of pyridine rings is 1. The van der Waals surface area contributed by atoms with E-state index in [4.69, 9.17) is 51.1 Å². The Morgan fingerprint density at radius 1 is 0.817 bits per heavy atom. The highest BCUT2D eigenvalue weighted by Crippen LogP contribution is 2.42. The molecule has 5 N–H and O–H groups in total. The number of hydrogen-bond acceptors (Lipinski definition) is 8. The number of carbonyl (C=O) groups is 4. The van der Waals surface area contributed by atoms with Crippen molar-refractivity contribution >= 4 is 93.2 Å². The van der Waals surface area contributed by atoms with Gasteiger partial charge in [0.05, 0.1) is 43.1 Å². The lowest BCUT2D eigenvalue weighted by Crippen LogP contribution is -2.22. The van der Waals surface area contributed by atoms with Crippen LogP contribution in [-0.2, 0) is 17.6 Å². The Labute approximate surface area is 362 Å². The highest BCUT2D eigenvalue weighted by atomic mass is 35.5. The Balaban J connectivity index is 0.000000263. The van der Waals surface area contributed by atoms with Crippen molar-refractivity contribution in [1.29, 1.82) is 0 Å². The molecule has 17 heteroatoms. The number of aromatic carboxylic acids is 1. The number of carboxylic acid groups (broad SMARTS) is 2. The van der Waals surface area contributed by atoms with E-state index in [2.05, 4.69) is 30.2 Å². The van der Waals surface area contributed by atoms with Gasteiger partial charge in [-0.15, -0.1) is 0 Å². The van der Waals surface area contributed by atoms with Gasteiger partial charge in [0.2, 0.25) is 0 Å². The predicted molar refractivity (Wildman–Crippen MR) is 231 cm³/mol. The quantitative estimate of drug-likeness (QED) is 0.0261. The largest absolute Gasteiger partial charge is 0.480 e. The van der Waals surface area contributed by atoms with Gasteiger partial charge in [-0.3, -0.25) is 9.79 Å². The van der Waals surface area contributed by atoms with Crippen LogP contribution in [0.25, 0.3) is 10.9 Å². The fourth-order valence-corrected chi connectivity index (χ4v) is 7.03. The van der Waals surface area contributed by atoms with E-state index in [1.807, 2.05) is 54.6 Å². The smallest absolute Gasteiger partial charge is 0.346 e. The molecule has 3 aromatic heterocycles. The standard InChI is InChI=1S/C27H19Cl4N5O5.C16H13NO2/c1-13-5-4-8-18(35-13)36-25(37)19-20(22(29)24(31)23(30)21(19)28)27(40)41-17-7-3-2-6-14(17)10-33-16(26(38)39)9-15-11-32-12-34-15;18-16(19)15-12-8-4-5-9-13(12)17-14(15)10-11-6-2-1-3-7-11/h2-8,10-12,16H,9H2,1H3,(H,32,34)(H,38,39)(H,35,36,37);1-9,17H,10H2,(H,18,19). The van der Waals surface area contributed by atoms with Gasteiger partial charge in [-0.25, -0.2) is 24.4 Å². The summed E-state index contributed by atoms with van der Waals surface area (Å²) in [6.45, 7) is 1.73. The number of benzene rings is 4. The maximum atomic E-state index is 13.5. The number of carbonyl (C=O) groups excluding carboxylic acids is 2. The van der Waals surface area contributed by atoms with Crippen LogP contribution in [-0.4, -0.2) is 66.2 Å². The molecule has 3 heterocycles. The summed E-state index contributed by atoms with van der Waals surface area (Å²) in [5.41, 5.74) is 3.75. The van der Waals surface area contributed by atoms with Crippen LogP contribution >= 0.6 is 46.4 Å². The Morgan fingerprint density at radius 3 is 2.18 bits per heavy atom. The number of imidazole rings is 1. The number of halogens is 4. The van der Waals surface area contributed by atoms with E-state index in [1.54, 1.807) is 43.3 Å². The zero-order valence-electron chi connectivity index (χ0n) is 31.3.